The molecule has 0 aliphatic carbocycles. The van der Waals surface area contributed by atoms with E-state index in [4.69, 9.17) is 11.6 Å². The van der Waals surface area contributed by atoms with Crippen molar-refractivity contribution in [3.8, 4) is 0 Å². The van der Waals surface area contributed by atoms with Crippen molar-refractivity contribution in [2.75, 3.05) is 0 Å². The molecule has 0 radical (unpaired) electrons. The lowest BCUT2D eigenvalue weighted by atomic mass is 10.1. The molecule has 0 bridgehead atoms. The van der Waals surface area contributed by atoms with Gasteiger partial charge in [0.05, 0.1) is 11.7 Å². The molecule has 18 heavy (non-hydrogen) atoms. The van der Waals surface area contributed by atoms with Crippen molar-refractivity contribution in [2.45, 2.75) is 38.0 Å². The number of nitrogens with one attached hydrogen (secondary N) is 1. The number of rotatable bonds is 5. The van der Waals surface area contributed by atoms with Gasteiger partial charge in [-0.25, -0.2) is 4.98 Å². The van der Waals surface area contributed by atoms with Crippen LogP contribution in [0, 0.1) is 0 Å². The Morgan fingerprint density at radius 3 is 2.72 bits per heavy atom. The van der Waals surface area contributed by atoms with Crippen molar-refractivity contribution in [3.05, 3.63) is 41.7 Å². The van der Waals surface area contributed by atoms with Crippen LogP contribution in [0.2, 0.25) is 5.15 Å². The summed E-state index contributed by atoms with van der Waals surface area (Å²) in [6.45, 7) is 9.49. The largest absolute Gasteiger partial charge is 0.598 e. The highest BCUT2D eigenvalue weighted by Gasteiger charge is 2.29. The second-order valence-corrected chi connectivity index (χ2v) is 7.35. The summed E-state index contributed by atoms with van der Waals surface area (Å²) in [5, 5.41) is 0.435. The summed E-state index contributed by atoms with van der Waals surface area (Å²) in [4.78, 5) is 4.25. The van der Waals surface area contributed by atoms with Crippen LogP contribution in [0.3, 0.4) is 0 Å². The molecule has 0 fully saturated rings. The van der Waals surface area contributed by atoms with Gasteiger partial charge < -0.3 is 4.55 Å². The Labute approximate surface area is 117 Å². The number of nitrogens with zero attached hydrogens (tertiary/aromatic N) is 1. The van der Waals surface area contributed by atoms with E-state index < -0.39 is 11.4 Å². The number of pyridine rings is 1. The van der Waals surface area contributed by atoms with Crippen LogP contribution in [0.15, 0.2) is 30.9 Å². The van der Waals surface area contributed by atoms with Crippen LogP contribution in [0.1, 0.15) is 38.9 Å². The first-order valence-electron chi connectivity index (χ1n) is 5.76. The maximum Gasteiger partial charge on any atom is 0.136 e. The monoisotopic (exact) mass is 286 g/mol. The van der Waals surface area contributed by atoms with Crippen molar-refractivity contribution in [1.29, 1.82) is 0 Å². The zero-order chi connectivity index (χ0) is 13.8. The third kappa shape index (κ3) is 4.61. The summed E-state index contributed by atoms with van der Waals surface area (Å²) >= 11 is 4.72. The highest BCUT2D eigenvalue weighted by Crippen LogP contribution is 2.22. The van der Waals surface area contributed by atoms with Crippen molar-refractivity contribution >= 4 is 23.0 Å². The summed E-state index contributed by atoms with van der Waals surface area (Å²) in [6.07, 6.45) is 2.43. The minimum atomic E-state index is -1.16. The molecule has 0 aliphatic rings. The molecular weight excluding hydrogens is 268 g/mol. The summed E-state index contributed by atoms with van der Waals surface area (Å²) in [7, 11) is 0. The van der Waals surface area contributed by atoms with E-state index in [9.17, 15) is 4.55 Å². The minimum Gasteiger partial charge on any atom is -0.598 e. The standard InChI is InChI=1S/C13H19ClN2OS/c1-5-7-11(16-18(17)13(2,3)4)10-8-6-9-12(14)15-10/h5-6,8-9,11,16H,1,7H2,2-4H3/t11-,18?/m0/s1. The highest BCUT2D eigenvalue weighted by molar-refractivity contribution is 7.90. The molecule has 0 amide bonds. The lowest BCUT2D eigenvalue weighted by molar-refractivity contribution is 0.521. The zero-order valence-corrected chi connectivity index (χ0v) is 12.5. The highest BCUT2D eigenvalue weighted by atomic mass is 35.5. The normalized spacial score (nSPS) is 15.2. The lowest BCUT2D eigenvalue weighted by Gasteiger charge is -2.27. The zero-order valence-electron chi connectivity index (χ0n) is 10.9. The van der Waals surface area contributed by atoms with E-state index >= 15 is 0 Å². The molecule has 1 heterocycles. The van der Waals surface area contributed by atoms with Gasteiger partial charge in [-0.3, -0.25) is 0 Å². The molecule has 100 valence electrons. The van der Waals surface area contributed by atoms with Gasteiger partial charge in [0.25, 0.3) is 0 Å². The van der Waals surface area contributed by atoms with Crippen LogP contribution in [0.25, 0.3) is 0 Å². The topological polar surface area (TPSA) is 48.0 Å². The molecule has 0 saturated carbocycles. The molecule has 1 unspecified atom stereocenters. The fraction of sp³-hybridized carbons (Fsp3) is 0.462. The lowest BCUT2D eigenvalue weighted by Crippen LogP contribution is -2.41. The first-order valence-corrected chi connectivity index (χ1v) is 7.29. The predicted octanol–water partition coefficient (Wildman–Crippen LogP) is 3.40. The van der Waals surface area contributed by atoms with Crippen molar-refractivity contribution in [3.63, 3.8) is 0 Å². The number of hydrogen-bond donors (Lipinski definition) is 1. The fourth-order valence-corrected chi connectivity index (χ4v) is 2.32. The van der Waals surface area contributed by atoms with Crippen LogP contribution in [-0.4, -0.2) is 14.3 Å². The van der Waals surface area contributed by atoms with E-state index in [2.05, 4.69) is 16.3 Å². The third-order valence-electron chi connectivity index (χ3n) is 2.30. The Morgan fingerprint density at radius 1 is 1.56 bits per heavy atom. The minimum absolute atomic E-state index is 0.138. The van der Waals surface area contributed by atoms with E-state index in [-0.39, 0.29) is 10.8 Å². The third-order valence-corrected chi connectivity index (χ3v) is 4.12. The van der Waals surface area contributed by atoms with Gasteiger partial charge in [0.15, 0.2) is 0 Å². The summed E-state index contributed by atoms with van der Waals surface area (Å²) in [6, 6.07) is 5.28. The maximum atomic E-state index is 12.1. The van der Waals surface area contributed by atoms with E-state index in [0.29, 0.717) is 11.6 Å². The predicted molar refractivity (Wildman–Crippen MR) is 77.8 cm³/mol. The molecule has 0 saturated heterocycles. The first-order chi connectivity index (χ1) is 8.34. The average Bonchev–Trinajstić information content (AvgIpc) is 2.27. The molecule has 2 atom stereocenters. The summed E-state index contributed by atoms with van der Waals surface area (Å²) < 4.78 is 14.9. The Bertz CT molecular complexity index is 406. The Kier molecular flexibility index (Phi) is 5.66. The molecule has 0 aromatic carbocycles. The van der Waals surface area contributed by atoms with Crippen LogP contribution < -0.4 is 4.72 Å². The van der Waals surface area contributed by atoms with E-state index in [1.54, 1.807) is 12.1 Å². The van der Waals surface area contributed by atoms with Gasteiger partial charge in [0.2, 0.25) is 0 Å². The summed E-state index contributed by atoms with van der Waals surface area (Å²) in [5.74, 6) is 0. The van der Waals surface area contributed by atoms with Gasteiger partial charge in [-0.05, 0) is 39.3 Å². The summed E-state index contributed by atoms with van der Waals surface area (Å²) in [5.41, 5.74) is 0.778. The quantitative estimate of drug-likeness (QED) is 0.513. The number of hydrogen-bond acceptors (Lipinski definition) is 3. The fourth-order valence-electron chi connectivity index (χ4n) is 1.32. The van der Waals surface area contributed by atoms with E-state index in [1.165, 1.54) is 0 Å². The van der Waals surface area contributed by atoms with Crippen molar-refractivity contribution in [2.24, 2.45) is 0 Å². The van der Waals surface area contributed by atoms with Gasteiger partial charge in [-0.15, -0.1) is 11.3 Å². The van der Waals surface area contributed by atoms with Gasteiger partial charge in [0.1, 0.15) is 9.90 Å². The first kappa shape index (κ1) is 15.5. The van der Waals surface area contributed by atoms with Crippen LogP contribution in [0.4, 0.5) is 0 Å². The molecule has 0 spiro atoms. The smallest absolute Gasteiger partial charge is 0.136 e. The molecule has 1 rings (SSSR count). The van der Waals surface area contributed by atoms with Crippen molar-refractivity contribution in [1.82, 2.24) is 9.71 Å². The molecule has 3 nitrogen and oxygen atoms in total. The SMILES string of the molecule is C=CC[C@H](N[S+]([O-])C(C)(C)C)c1cccc(Cl)n1. The molecule has 1 N–H and O–H groups in total. The van der Waals surface area contributed by atoms with Crippen LogP contribution in [0.5, 0.6) is 0 Å². The Morgan fingerprint density at radius 2 is 2.22 bits per heavy atom. The van der Waals surface area contributed by atoms with Crippen LogP contribution >= 0.6 is 11.6 Å². The number of aromatic nitrogens is 1. The second kappa shape index (κ2) is 6.57. The number of halogens is 1. The molecule has 5 heteroatoms. The van der Waals surface area contributed by atoms with Crippen molar-refractivity contribution < 1.29 is 4.55 Å². The molecule has 1 aromatic rings. The van der Waals surface area contributed by atoms with Gasteiger partial charge in [-0.2, -0.15) is 0 Å². The van der Waals surface area contributed by atoms with E-state index in [0.717, 1.165) is 5.69 Å². The van der Waals surface area contributed by atoms with Gasteiger partial charge >= 0.3 is 0 Å². The molecular formula is C13H19ClN2OS. The van der Waals surface area contributed by atoms with Gasteiger partial charge in [0, 0.05) is 11.4 Å². The van der Waals surface area contributed by atoms with Gasteiger partial charge in [-0.1, -0.05) is 23.7 Å². The Balaban J connectivity index is 2.86. The molecule has 0 aliphatic heterocycles. The van der Waals surface area contributed by atoms with E-state index in [1.807, 2.05) is 32.9 Å². The molecule has 1 aromatic heterocycles. The maximum absolute atomic E-state index is 12.1. The average molecular weight is 287 g/mol. The Hall–Kier alpha value is -0.550. The van der Waals surface area contributed by atoms with Crippen LogP contribution in [-0.2, 0) is 11.4 Å². The second-order valence-electron chi connectivity index (χ2n) is 4.96.